The topological polar surface area (TPSA) is 148 Å². The van der Waals surface area contributed by atoms with E-state index >= 15 is 0 Å². The number of hydrogen-bond acceptors (Lipinski definition) is 13. The van der Waals surface area contributed by atoms with Crippen molar-refractivity contribution in [1.29, 1.82) is 0 Å². The van der Waals surface area contributed by atoms with Gasteiger partial charge in [0.1, 0.15) is 0 Å². The van der Waals surface area contributed by atoms with Crippen molar-refractivity contribution in [2.75, 3.05) is 145 Å². The molecule has 0 unspecified atom stereocenters. The third-order valence-electron chi connectivity index (χ3n) is 11.2. The molecule has 404 valence electrons. The molecule has 0 saturated carbocycles. The van der Waals surface area contributed by atoms with E-state index in [1.54, 1.807) is 0 Å². The zero-order valence-corrected chi connectivity index (χ0v) is 44.5. The molecule has 0 aliphatic heterocycles. The van der Waals surface area contributed by atoms with E-state index in [9.17, 15) is 9.46 Å². The number of phosphoric ester groups is 1. The number of phosphoric acid groups is 1. The standard InChI is InChI=1S/C52H107O14P/c1-3-5-7-9-11-13-15-17-19-21-23-25-27-29-31-55-33-35-57-37-39-59-41-43-61-45-47-63-49-51-65-67(53,54)66-52-50-64-48-46-62-44-42-60-40-38-58-36-34-56-32-30-28-26-24-22-20-18-16-14-12-10-8-6-4-2/h3-52H2,1-2H3,(H,53,54). The second kappa shape index (κ2) is 60.0. The molecule has 0 aromatic rings. The molecule has 0 aliphatic carbocycles. The SMILES string of the molecule is CCCCCCCCCCCCCCCCOCCOCCOCCOCCOCCOP(=O)(O)OCCOCCOCCOCCOCCOCCCCCCCCCCCCCCCC. The van der Waals surface area contributed by atoms with E-state index in [1.807, 2.05) is 0 Å². The average Bonchev–Trinajstić information content (AvgIpc) is 3.32. The zero-order valence-electron chi connectivity index (χ0n) is 43.6. The fraction of sp³-hybridized carbons (Fsp3) is 1.00. The molecular formula is C52H107O14P. The van der Waals surface area contributed by atoms with Gasteiger partial charge in [-0.25, -0.2) is 4.57 Å². The summed E-state index contributed by atoms with van der Waals surface area (Å²) in [7, 11) is -4.19. The van der Waals surface area contributed by atoms with E-state index in [2.05, 4.69) is 13.8 Å². The molecule has 14 nitrogen and oxygen atoms in total. The van der Waals surface area contributed by atoms with Crippen LogP contribution in [0.3, 0.4) is 0 Å². The van der Waals surface area contributed by atoms with Gasteiger partial charge in [-0.2, -0.15) is 0 Å². The van der Waals surface area contributed by atoms with E-state index < -0.39 is 7.82 Å². The van der Waals surface area contributed by atoms with Crippen molar-refractivity contribution in [2.24, 2.45) is 0 Å². The van der Waals surface area contributed by atoms with Crippen LogP contribution in [0.25, 0.3) is 0 Å². The summed E-state index contributed by atoms with van der Waals surface area (Å²) in [5, 5.41) is 0. The maximum atomic E-state index is 12.0. The molecule has 0 fully saturated rings. The Hall–Kier alpha value is -0.290. The maximum Gasteiger partial charge on any atom is 0.472 e. The summed E-state index contributed by atoms with van der Waals surface area (Å²) in [4.78, 5) is 9.82. The Bertz CT molecular complexity index is 871. The van der Waals surface area contributed by atoms with Crippen molar-refractivity contribution in [2.45, 2.75) is 194 Å². The first-order valence-electron chi connectivity index (χ1n) is 27.5. The maximum absolute atomic E-state index is 12.0. The number of rotatable bonds is 62. The summed E-state index contributed by atoms with van der Waals surface area (Å²) in [6.07, 6.45) is 38.1. The van der Waals surface area contributed by atoms with Crippen molar-refractivity contribution in [3.63, 3.8) is 0 Å². The molecule has 67 heavy (non-hydrogen) atoms. The molecule has 15 heteroatoms. The Labute approximate surface area is 411 Å². The number of hydrogen-bond donors (Lipinski definition) is 1. The highest BCUT2D eigenvalue weighted by atomic mass is 31.2. The fourth-order valence-corrected chi connectivity index (χ4v) is 7.91. The van der Waals surface area contributed by atoms with Gasteiger partial charge in [-0.15, -0.1) is 0 Å². The van der Waals surface area contributed by atoms with Gasteiger partial charge in [0, 0.05) is 13.2 Å². The molecule has 0 radical (unpaired) electrons. The van der Waals surface area contributed by atoms with E-state index in [0.29, 0.717) is 106 Å². The van der Waals surface area contributed by atoms with Crippen molar-refractivity contribution in [3.05, 3.63) is 0 Å². The largest absolute Gasteiger partial charge is 0.472 e. The quantitative estimate of drug-likeness (QED) is 0.0455. The molecule has 1 N–H and O–H groups in total. The normalized spacial score (nSPS) is 12.0. The number of ether oxygens (including phenoxy) is 10. The first kappa shape index (κ1) is 66.7. The molecule has 0 heterocycles. The Morgan fingerprint density at radius 1 is 0.224 bits per heavy atom. The van der Waals surface area contributed by atoms with Crippen LogP contribution in [0.2, 0.25) is 0 Å². The Morgan fingerprint density at radius 3 is 0.567 bits per heavy atom. The van der Waals surface area contributed by atoms with Gasteiger partial charge in [-0.3, -0.25) is 9.05 Å². The highest BCUT2D eigenvalue weighted by molar-refractivity contribution is 7.47. The van der Waals surface area contributed by atoms with Crippen LogP contribution in [0, 0.1) is 0 Å². The Balaban J connectivity index is 3.22. The lowest BCUT2D eigenvalue weighted by Gasteiger charge is -2.12. The van der Waals surface area contributed by atoms with Gasteiger partial charge in [0.2, 0.25) is 0 Å². The Kier molecular flexibility index (Phi) is 59.8. The third kappa shape index (κ3) is 61.8. The average molecular weight is 987 g/mol. The minimum atomic E-state index is -4.19. The summed E-state index contributed by atoms with van der Waals surface area (Å²) in [6, 6.07) is 0. The van der Waals surface area contributed by atoms with Gasteiger partial charge >= 0.3 is 7.82 Å². The van der Waals surface area contributed by atoms with Crippen LogP contribution in [-0.4, -0.2) is 150 Å². The molecule has 0 atom stereocenters. The van der Waals surface area contributed by atoms with Gasteiger partial charge in [-0.05, 0) is 12.8 Å². The monoisotopic (exact) mass is 987 g/mol. The molecular weight excluding hydrogens is 880 g/mol. The lowest BCUT2D eigenvalue weighted by atomic mass is 10.0. The molecule has 0 saturated heterocycles. The fourth-order valence-electron chi connectivity index (χ4n) is 7.22. The minimum absolute atomic E-state index is 0.0850. The van der Waals surface area contributed by atoms with Crippen LogP contribution in [-0.2, 0) is 61.0 Å². The van der Waals surface area contributed by atoms with E-state index in [-0.39, 0.29) is 26.4 Å². The van der Waals surface area contributed by atoms with Gasteiger partial charge < -0.3 is 52.3 Å². The first-order chi connectivity index (χ1) is 33.1. The Morgan fingerprint density at radius 2 is 0.373 bits per heavy atom. The predicted molar refractivity (Wildman–Crippen MR) is 271 cm³/mol. The molecule has 0 aromatic carbocycles. The molecule has 0 aliphatic rings. The summed E-state index contributed by atoms with van der Waals surface area (Å²) >= 11 is 0. The van der Waals surface area contributed by atoms with Crippen LogP contribution in [0.4, 0.5) is 0 Å². The van der Waals surface area contributed by atoms with Crippen molar-refractivity contribution in [1.82, 2.24) is 0 Å². The molecule has 0 spiro atoms. The molecule has 0 amide bonds. The zero-order chi connectivity index (χ0) is 48.3. The summed E-state index contributed by atoms with van der Waals surface area (Å²) in [5.41, 5.74) is 0. The number of unbranched alkanes of at least 4 members (excludes halogenated alkanes) is 26. The first-order valence-corrected chi connectivity index (χ1v) is 29.0. The summed E-state index contributed by atoms with van der Waals surface area (Å²) in [6.45, 7) is 13.9. The van der Waals surface area contributed by atoms with Crippen LogP contribution in [0.15, 0.2) is 0 Å². The van der Waals surface area contributed by atoms with Gasteiger partial charge in [0.05, 0.1) is 132 Å². The smallest absolute Gasteiger partial charge is 0.379 e. The van der Waals surface area contributed by atoms with E-state index in [1.165, 1.54) is 167 Å². The lowest BCUT2D eigenvalue weighted by Crippen LogP contribution is -2.14. The highest BCUT2D eigenvalue weighted by Crippen LogP contribution is 2.42. The summed E-state index contributed by atoms with van der Waals surface area (Å²) < 4.78 is 77.1. The predicted octanol–water partition coefficient (Wildman–Crippen LogP) is 12.2. The van der Waals surface area contributed by atoms with Gasteiger partial charge in [-0.1, -0.05) is 181 Å². The van der Waals surface area contributed by atoms with Crippen molar-refractivity contribution >= 4 is 7.82 Å². The van der Waals surface area contributed by atoms with E-state index in [4.69, 9.17) is 56.4 Å². The van der Waals surface area contributed by atoms with Gasteiger partial charge in [0.25, 0.3) is 0 Å². The third-order valence-corrected chi connectivity index (χ3v) is 12.2. The van der Waals surface area contributed by atoms with E-state index in [0.717, 1.165) is 26.1 Å². The summed E-state index contributed by atoms with van der Waals surface area (Å²) in [5.74, 6) is 0. The molecule has 0 rings (SSSR count). The highest BCUT2D eigenvalue weighted by Gasteiger charge is 2.20. The van der Waals surface area contributed by atoms with Crippen molar-refractivity contribution < 1.29 is 65.9 Å². The van der Waals surface area contributed by atoms with Crippen LogP contribution < -0.4 is 0 Å². The van der Waals surface area contributed by atoms with Crippen LogP contribution in [0.5, 0.6) is 0 Å². The van der Waals surface area contributed by atoms with Crippen molar-refractivity contribution in [3.8, 4) is 0 Å². The minimum Gasteiger partial charge on any atom is -0.379 e. The van der Waals surface area contributed by atoms with Crippen LogP contribution in [0.1, 0.15) is 194 Å². The van der Waals surface area contributed by atoms with Crippen LogP contribution >= 0.6 is 7.82 Å². The second-order valence-electron chi connectivity index (χ2n) is 17.5. The molecule has 0 bridgehead atoms. The van der Waals surface area contributed by atoms with Gasteiger partial charge in [0.15, 0.2) is 0 Å². The lowest BCUT2D eigenvalue weighted by molar-refractivity contribution is -0.0156. The second-order valence-corrected chi connectivity index (χ2v) is 18.9. The molecule has 0 aromatic heterocycles.